The molecule has 11 heavy (non-hydrogen) atoms. The molecule has 0 spiro atoms. The molecule has 3 atom stereocenters. The second-order valence-electron chi connectivity index (χ2n) is 2.81. The van der Waals surface area contributed by atoms with Crippen molar-refractivity contribution in [2.75, 3.05) is 11.0 Å². The van der Waals surface area contributed by atoms with Gasteiger partial charge < -0.3 is 4.90 Å². The molecular weight excluding hydrogens is 277 g/mol. The lowest BCUT2D eigenvalue weighted by Gasteiger charge is -2.32. The summed E-state index contributed by atoms with van der Waals surface area (Å²) in [5, 5.41) is 0.300. The maximum absolute atomic E-state index is 11.5. The fourth-order valence-electron chi connectivity index (χ4n) is 1.48. The highest BCUT2D eigenvalue weighted by Gasteiger charge is 2.49. The van der Waals surface area contributed by atoms with Gasteiger partial charge in [-0.2, -0.15) is 0 Å². The third-order valence-corrected chi connectivity index (χ3v) is 5.78. The molecule has 0 bridgehead atoms. The summed E-state index contributed by atoms with van der Waals surface area (Å²) in [5.74, 6) is 0.177. The first-order chi connectivity index (χ1) is 5.24. The number of nitrogens with zero attached hydrogens (tertiary/aromatic N) is 1. The summed E-state index contributed by atoms with van der Waals surface area (Å²) < 4.78 is 12.3. The first-order valence-electron chi connectivity index (χ1n) is 3.49. The molecular formula is C6H8INO2S. The molecule has 5 heteroatoms. The van der Waals surface area contributed by atoms with Gasteiger partial charge in [-0.25, -0.2) is 0 Å². The monoisotopic (exact) mass is 285 g/mol. The molecule has 1 amide bonds. The summed E-state index contributed by atoms with van der Waals surface area (Å²) in [4.78, 5) is 12.7. The van der Waals surface area contributed by atoms with Gasteiger partial charge in [-0.15, -0.1) is 0 Å². The van der Waals surface area contributed by atoms with E-state index in [1.165, 1.54) is 0 Å². The van der Waals surface area contributed by atoms with Crippen molar-refractivity contribution in [2.24, 2.45) is 0 Å². The largest absolute Gasteiger partial charge is 0.326 e. The molecule has 0 aromatic heterocycles. The van der Waals surface area contributed by atoms with E-state index in [0.29, 0.717) is 6.42 Å². The van der Waals surface area contributed by atoms with Crippen LogP contribution in [-0.4, -0.2) is 36.6 Å². The van der Waals surface area contributed by atoms with E-state index in [1.807, 2.05) is 0 Å². The third kappa shape index (κ3) is 1.04. The number of alkyl halides is 1. The second-order valence-corrected chi connectivity index (χ2v) is 5.56. The van der Waals surface area contributed by atoms with Crippen LogP contribution in [0.2, 0.25) is 0 Å². The Labute approximate surface area is 81.1 Å². The number of fused-ring (bicyclic) bond motifs is 1. The SMILES string of the molecule is O=C1C[C@H]2N1CC(CI)S2=O. The molecule has 2 unspecified atom stereocenters. The maximum atomic E-state index is 11.5. The number of carbonyl (C=O) groups excluding carboxylic acids is 1. The van der Waals surface area contributed by atoms with Gasteiger partial charge in [0.25, 0.3) is 0 Å². The smallest absolute Gasteiger partial charge is 0.226 e. The van der Waals surface area contributed by atoms with Gasteiger partial charge in [0.1, 0.15) is 5.37 Å². The number of hydrogen-bond acceptors (Lipinski definition) is 2. The Bertz CT molecular complexity index is 233. The summed E-state index contributed by atoms with van der Waals surface area (Å²) in [5.41, 5.74) is 0. The van der Waals surface area contributed by atoms with Gasteiger partial charge in [0.2, 0.25) is 5.91 Å². The average Bonchev–Trinajstić information content (AvgIpc) is 2.24. The summed E-state index contributed by atoms with van der Waals surface area (Å²) >= 11 is 2.23. The molecule has 2 saturated heterocycles. The summed E-state index contributed by atoms with van der Waals surface area (Å²) in [6, 6.07) is 0. The molecule has 0 radical (unpaired) electrons. The number of halogens is 1. The molecule has 2 aliphatic rings. The third-order valence-electron chi connectivity index (χ3n) is 2.19. The number of β-lactam (4-membered cyclic amide) rings is 1. The van der Waals surface area contributed by atoms with Crippen LogP contribution in [0, 0.1) is 0 Å². The Morgan fingerprint density at radius 1 is 1.73 bits per heavy atom. The minimum atomic E-state index is -0.772. The number of rotatable bonds is 1. The van der Waals surface area contributed by atoms with E-state index in [-0.39, 0.29) is 16.5 Å². The minimum Gasteiger partial charge on any atom is -0.326 e. The van der Waals surface area contributed by atoms with Crippen molar-refractivity contribution in [3.63, 3.8) is 0 Å². The van der Waals surface area contributed by atoms with E-state index in [2.05, 4.69) is 22.6 Å². The quantitative estimate of drug-likeness (QED) is 0.389. The van der Waals surface area contributed by atoms with Crippen molar-refractivity contribution in [2.45, 2.75) is 17.0 Å². The van der Waals surface area contributed by atoms with Crippen LogP contribution in [0.4, 0.5) is 0 Å². The first kappa shape index (κ1) is 7.97. The van der Waals surface area contributed by atoms with Gasteiger partial charge >= 0.3 is 0 Å². The molecule has 2 aliphatic heterocycles. The first-order valence-corrected chi connectivity index (χ1v) is 6.29. The number of hydrogen-bond donors (Lipinski definition) is 0. The molecule has 3 nitrogen and oxygen atoms in total. The van der Waals surface area contributed by atoms with Crippen LogP contribution >= 0.6 is 22.6 Å². The Kier molecular flexibility index (Phi) is 1.95. The van der Waals surface area contributed by atoms with Crippen LogP contribution in [0.1, 0.15) is 6.42 Å². The van der Waals surface area contributed by atoms with Crippen LogP contribution < -0.4 is 0 Å². The van der Waals surface area contributed by atoms with E-state index in [1.54, 1.807) is 4.90 Å². The van der Waals surface area contributed by atoms with E-state index in [0.717, 1.165) is 11.0 Å². The molecule has 2 fully saturated rings. The van der Waals surface area contributed by atoms with Crippen molar-refractivity contribution in [3.05, 3.63) is 0 Å². The lowest BCUT2D eigenvalue weighted by atomic mass is 10.2. The second kappa shape index (κ2) is 2.69. The fourth-order valence-corrected chi connectivity index (χ4v) is 4.46. The van der Waals surface area contributed by atoms with Crippen LogP contribution in [0.3, 0.4) is 0 Å². The summed E-state index contributed by atoms with van der Waals surface area (Å²) in [6.45, 7) is 0.721. The fraction of sp³-hybridized carbons (Fsp3) is 0.833. The molecule has 0 N–H and O–H groups in total. The van der Waals surface area contributed by atoms with E-state index in [4.69, 9.17) is 0 Å². The zero-order chi connectivity index (χ0) is 8.01. The number of amides is 1. The topological polar surface area (TPSA) is 37.4 Å². The molecule has 0 aromatic carbocycles. The van der Waals surface area contributed by atoms with Crippen molar-refractivity contribution >= 4 is 39.3 Å². The Morgan fingerprint density at radius 3 is 2.91 bits per heavy atom. The van der Waals surface area contributed by atoms with Crippen LogP contribution in [0.25, 0.3) is 0 Å². The summed E-state index contributed by atoms with van der Waals surface area (Å²) in [7, 11) is -0.772. The van der Waals surface area contributed by atoms with E-state index >= 15 is 0 Å². The van der Waals surface area contributed by atoms with Crippen molar-refractivity contribution < 1.29 is 9.00 Å². The average molecular weight is 285 g/mol. The van der Waals surface area contributed by atoms with E-state index < -0.39 is 10.8 Å². The molecule has 2 heterocycles. The lowest BCUT2D eigenvalue weighted by molar-refractivity contribution is -0.140. The minimum absolute atomic E-state index is 0.0715. The summed E-state index contributed by atoms with van der Waals surface area (Å²) in [6.07, 6.45) is 0.514. The Balaban J connectivity index is 2.14. The zero-order valence-electron chi connectivity index (χ0n) is 5.83. The zero-order valence-corrected chi connectivity index (χ0v) is 8.80. The normalized spacial score (nSPS) is 42.1. The van der Waals surface area contributed by atoms with Gasteiger partial charge in [-0.3, -0.25) is 9.00 Å². The highest BCUT2D eigenvalue weighted by atomic mass is 127. The van der Waals surface area contributed by atoms with Gasteiger partial charge in [-0.05, 0) is 0 Å². The number of carbonyl (C=O) groups is 1. The maximum Gasteiger partial charge on any atom is 0.226 e. The lowest BCUT2D eigenvalue weighted by Crippen LogP contribution is -2.49. The highest BCUT2D eigenvalue weighted by Crippen LogP contribution is 2.32. The van der Waals surface area contributed by atoms with Crippen LogP contribution in [-0.2, 0) is 15.6 Å². The van der Waals surface area contributed by atoms with Gasteiger partial charge in [0, 0.05) is 11.0 Å². The van der Waals surface area contributed by atoms with Gasteiger partial charge in [0.05, 0.1) is 22.5 Å². The standard InChI is InChI=1S/C6H8INO2S/c7-2-4-3-8-5(9)1-6(8)11(4)10/h4,6H,1-3H2/t4?,6-,11?/m0/s1. The van der Waals surface area contributed by atoms with Crippen LogP contribution in [0.5, 0.6) is 0 Å². The highest BCUT2D eigenvalue weighted by molar-refractivity contribution is 14.1. The molecule has 0 aromatic rings. The predicted octanol–water partition coefficient (Wildman–Crippen LogP) is 0.111. The van der Waals surface area contributed by atoms with Crippen molar-refractivity contribution in [1.82, 2.24) is 4.90 Å². The van der Waals surface area contributed by atoms with Gasteiger partial charge in [0.15, 0.2) is 0 Å². The van der Waals surface area contributed by atoms with Gasteiger partial charge in [-0.1, -0.05) is 22.6 Å². The molecule has 62 valence electrons. The Morgan fingerprint density at radius 2 is 2.45 bits per heavy atom. The predicted molar refractivity (Wildman–Crippen MR) is 50.9 cm³/mol. The van der Waals surface area contributed by atoms with Crippen molar-refractivity contribution in [3.8, 4) is 0 Å². The molecule has 0 aliphatic carbocycles. The van der Waals surface area contributed by atoms with E-state index in [9.17, 15) is 9.00 Å². The Hall–Kier alpha value is 0.350. The van der Waals surface area contributed by atoms with Crippen LogP contribution in [0.15, 0.2) is 0 Å². The molecule has 2 rings (SSSR count). The molecule has 0 saturated carbocycles. The van der Waals surface area contributed by atoms with Crippen molar-refractivity contribution in [1.29, 1.82) is 0 Å².